The minimum absolute atomic E-state index is 0.0413. The Bertz CT molecular complexity index is 490. The van der Waals surface area contributed by atoms with E-state index in [0.29, 0.717) is 37.4 Å². The quantitative estimate of drug-likeness (QED) is 0.739. The van der Waals surface area contributed by atoms with E-state index in [9.17, 15) is 14.7 Å². The molecule has 0 amide bonds. The van der Waals surface area contributed by atoms with Crippen LogP contribution in [0.5, 0.6) is 0 Å². The summed E-state index contributed by atoms with van der Waals surface area (Å²) in [6, 6.07) is 0. The third-order valence-electron chi connectivity index (χ3n) is 5.69. The third-order valence-corrected chi connectivity index (χ3v) is 5.69. The lowest BCUT2D eigenvalue weighted by Crippen LogP contribution is -2.35. The minimum Gasteiger partial charge on any atom is -0.382 e. The van der Waals surface area contributed by atoms with E-state index in [-0.39, 0.29) is 11.2 Å². The van der Waals surface area contributed by atoms with Crippen LogP contribution in [0.1, 0.15) is 58.8 Å². The summed E-state index contributed by atoms with van der Waals surface area (Å²) in [6.45, 7) is 3.71. The van der Waals surface area contributed by atoms with Crippen molar-refractivity contribution in [2.24, 2.45) is 11.3 Å². The molecule has 0 aliphatic heterocycles. The van der Waals surface area contributed by atoms with Crippen LogP contribution in [-0.4, -0.2) is 22.3 Å². The van der Waals surface area contributed by atoms with E-state index < -0.39 is 5.60 Å². The molecule has 0 aromatic rings. The van der Waals surface area contributed by atoms with Gasteiger partial charge in [-0.05, 0) is 50.4 Å². The molecule has 3 atom stereocenters. The van der Waals surface area contributed by atoms with Gasteiger partial charge in [0.1, 0.15) is 11.4 Å². The third kappa shape index (κ3) is 1.90. The number of aliphatic hydroxyl groups is 1. The molecule has 3 aliphatic carbocycles. The van der Waals surface area contributed by atoms with Crippen LogP contribution in [0.25, 0.3) is 0 Å². The first-order valence-corrected chi connectivity index (χ1v) is 7.30. The first-order valence-electron chi connectivity index (χ1n) is 7.30. The van der Waals surface area contributed by atoms with Crippen LogP contribution < -0.4 is 0 Å². The van der Waals surface area contributed by atoms with Gasteiger partial charge in [0.2, 0.25) is 0 Å². The fourth-order valence-electron chi connectivity index (χ4n) is 4.52. The van der Waals surface area contributed by atoms with Crippen molar-refractivity contribution in [3.8, 4) is 0 Å². The highest BCUT2D eigenvalue weighted by atomic mass is 16.3. The minimum atomic E-state index is -1.14. The zero-order chi connectivity index (χ0) is 13.8. The number of Topliss-reactive ketones (excluding diaryl/α,β-unsaturated/α-hetero) is 2. The number of ketones is 2. The fraction of sp³-hybridized carbons (Fsp3) is 0.750. The monoisotopic (exact) mass is 262 g/mol. The van der Waals surface area contributed by atoms with Crippen LogP contribution in [0.15, 0.2) is 11.1 Å². The van der Waals surface area contributed by atoms with Crippen molar-refractivity contribution in [2.45, 2.75) is 64.4 Å². The standard InChI is InChI=1S/C16H22O3/c1-10(17)16(19)8-14-13-4-3-12(18)7-11(13)5-6-15(14,2)9-16/h14,19H,3-9H2,1-2H3/t14-,15-,16+/m1/s1. The van der Waals surface area contributed by atoms with Crippen molar-refractivity contribution in [1.29, 1.82) is 0 Å². The average Bonchev–Trinajstić information content (AvgIpc) is 2.62. The van der Waals surface area contributed by atoms with Gasteiger partial charge in [0.15, 0.2) is 5.78 Å². The summed E-state index contributed by atoms with van der Waals surface area (Å²) in [4.78, 5) is 23.3. The summed E-state index contributed by atoms with van der Waals surface area (Å²) in [5.41, 5.74) is 1.61. The molecule has 3 heteroatoms. The zero-order valence-electron chi connectivity index (χ0n) is 11.8. The van der Waals surface area contributed by atoms with Gasteiger partial charge in [-0.1, -0.05) is 18.1 Å². The average molecular weight is 262 g/mol. The summed E-state index contributed by atoms with van der Waals surface area (Å²) >= 11 is 0. The Morgan fingerprint density at radius 2 is 2.05 bits per heavy atom. The molecule has 0 saturated heterocycles. The Balaban J connectivity index is 1.97. The molecule has 0 aromatic heterocycles. The normalized spacial score (nSPS) is 42.1. The predicted molar refractivity (Wildman–Crippen MR) is 71.6 cm³/mol. The van der Waals surface area contributed by atoms with Crippen LogP contribution in [0.3, 0.4) is 0 Å². The van der Waals surface area contributed by atoms with Gasteiger partial charge in [0, 0.05) is 12.8 Å². The second-order valence-electron chi connectivity index (χ2n) is 7.02. The van der Waals surface area contributed by atoms with E-state index in [1.807, 2.05) is 0 Å². The van der Waals surface area contributed by atoms with E-state index in [1.54, 1.807) is 0 Å². The lowest BCUT2D eigenvalue weighted by molar-refractivity contribution is -0.135. The van der Waals surface area contributed by atoms with Crippen molar-refractivity contribution in [1.82, 2.24) is 0 Å². The summed E-state index contributed by atoms with van der Waals surface area (Å²) in [5.74, 6) is 0.553. The number of hydrogen-bond acceptors (Lipinski definition) is 3. The van der Waals surface area contributed by atoms with E-state index in [1.165, 1.54) is 18.1 Å². The largest absolute Gasteiger partial charge is 0.382 e. The number of hydrogen-bond donors (Lipinski definition) is 1. The molecule has 0 heterocycles. The van der Waals surface area contributed by atoms with Gasteiger partial charge in [-0.15, -0.1) is 0 Å². The molecule has 1 N–H and O–H groups in total. The van der Waals surface area contributed by atoms with Crippen molar-refractivity contribution in [3.63, 3.8) is 0 Å². The molecule has 104 valence electrons. The van der Waals surface area contributed by atoms with E-state index in [0.717, 1.165) is 19.3 Å². The molecule has 0 radical (unpaired) electrons. The Morgan fingerprint density at radius 3 is 2.74 bits per heavy atom. The molecule has 0 bridgehead atoms. The number of fused-ring (bicyclic) bond motifs is 2. The Hall–Kier alpha value is -0.960. The van der Waals surface area contributed by atoms with Crippen molar-refractivity contribution < 1.29 is 14.7 Å². The SMILES string of the molecule is CC(=O)[C@]1(O)C[C@@H]2C3=C(CC[C@]2(C)C1)CC(=O)CC3. The second kappa shape index (κ2) is 4.02. The molecule has 3 aliphatic rings. The molecule has 3 nitrogen and oxygen atoms in total. The fourth-order valence-corrected chi connectivity index (χ4v) is 4.52. The van der Waals surface area contributed by atoms with Crippen LogP contribution in [-0.2, 0) is 9.59 Å². The van der Waals surface area contributed by atoms with Gasteiger partial charge in [0.05, 0.1) is 0 Å². The van der Waals surface area contributed by atoms with Gasteiger partial charge in [-0.2, -0.15) is 0 Å². The smallest absolute Gasteiger partial charge is 0.161 e. The van der Waals surface area contributed by atoms with Gasteiger partial charge in [-0.3, -0.25) is 9.59 Å². The molecule has 1 fully saturated rings. The highest BCUT2D eigenvalue weighted by Crippen LogP contribution is 2.59. The first-order chi connectivity index (χ1) is 8.84. The van der Waals surface area contributed by atoms with Crippen LogP contribution in [0, 0.1) is 11.3 Å². The summed E-state index contributed by atoms with van der Waals surface area (Å²) < 4.78 is 0. The number of carbonyl (C=O) groups excluding carboxylic acids is 2. The van der Waals surface area contributed by atoms with Crippen LogP contribution >= 0.6 is 0 Å². The molecule has 0 spiro atoms. The highest BCUT2D eigenvalue weighted by molar-refractivity contribution is 5.86. The number of allylic oxidation sites excluding steroid dienone is 2. The Labute approximate surface area is 114 Å². The van der Waals surface area contributed by atoms with E-state index >= 15 is 0 Å². The summed E-state index contributed by atoms with van der Waals surface area (Å²) in [5, 5.41) is 10.6. The van der Waals surface area contributed by atoms with E-state index in [4.69, 9.17) is 0 Å². The summed E-state index contributed by atoms with van der Waals surface area (Å²) in [6.07, 6.45) is 5.23. The van der Waals surface area contributed by atoms with Crippen molar-refractivity contribution in [3.05, 3.63) is 11.1 Å². The van der Waals surface area contributed by atoms with Crippen LogP contribution in [0.2, 0.25) is 0 Å². The Morgan fingerprint density at radius 1 is 1.32 bits per heavy atom. The lowest BCUT2D eigenvalue weighted by atomic mass is 9.64. The summed E-state index contributed by atoms with van der Waals surface area (Å²) in [7, 11) is 0. The molecule has 0 unspecified atom stereocenters. The molecule has 0 aromatic carbocycles. The maximum absolute atomic E-state index is 11.7. The zero-order valence-corrected chi connectivity index (χ0v) is 11.8. The first kappa shape index (κ1) is 13.0. The van der Waals surface area contributed by atoms with Gasteiger partial charge in [-0.25, -0.2) is 0 Å². The topological polar surface area (TPSA) is 54.4 Å². The number of carbonyl (C=O) groups is 2. The molecule has 19 heavy (non-hydrogen) atoms. The van der Waals surface area contributed by atoms with E-state index in [2.05, 4.69) is 6.92 Å². The highest BCUT2D eigenvalue weighted by Gasteiger charge is 2.56. The molecule has 1 saturated carbocycles. The van der Waals surface area contributed by atoms with Crippen molar-refractivity contribution >= 4 is 11.6 Å². The molecule has 3 rings (SSSR count). The second-order valence-corrected chi connectivity index (χ2v) is 7.02. The van der Waals surface area contributed by atoms with Gasteiger partial charge >= 0.3 is 0 Å². The maximum atomic E-state index is 11.7. The lowest BCUT2D eigenvalue weighted by Gasteiger charge is -2.40. The number of rotatable bonds is 1. The van der Waals surface area contributed by atoms with Gasteiger partial charge < -0.3 is 5.11 Å². The maximum Gasteiger partial charge on any atom is 0.161 e. The Kier molecular flexibility index (Phi) is 2.76. The predicted octanol–water partition coefficient (Wildman–Crippen LogP) is 2.57. The molecular formula is C16H22O3. The van der Waals surface area contributed by atoms with Crippen LogP contribution in [0.4, 0.5) is 0 Å². The van der Waals surface area contributed by atoms with Crippen molar-refractivity contribution in [2.75, 3.05) is 0 Å². The molecular weight excluding hydrogens is 240 g/mol. The van der Waals surface area contributed by atoms with Gasteiger partial charge in [0.25, 0.3) is 0 Å².